The zero-order valence-corrected chi connectivity index (χ0v) is 22.8. The third kappa shape index (κ3) is 4.58. The largest absolute Gasteiger partial charge is 0.462 e. The number of esters is 1. The zero-order chi connectivity index (χ0) is 24.0. The third-order valence-electron chi connectivity index (χ3n) is 11.6. The van der Waals surface area contributed by atoms with Gasteiger partial charge in [0.05, 0.1) is 0 Å². The van der Waals surface area contributed by atoms with Gasteiger partial charge < -0.3 is 4.74 Å². The summed E-state index contributed by atoms with van der Waals surface area (Å²) in [5.74, 6) is 6.03. The molecule has 0 radical (unpaired) electrons. The highest BCUT2D eigenvalue weighted by Gasteiger charge is 2.59. The Hall–Kier alpha value is -0.790. The molecule has 4 aliphatic carbocycles. The van der Waals surface area contributed by atoms with Gasteiger partial charge in [0.1, 0.15) is 6.10 Å². The van der Waals surface area contributed by atoms with Gasteiger partial charge in [-0.05, 0) is 104 Å². The number of fused-ring (bicyclic) bond motifs is 5. The fraction of sp³-hybridized carbons (Fsp3) is 0.903. The average Bonchev–Trinajstić information content (AvgIpc) is 3.11. The van der Waals surface area contributed by atoms with E-state index in [4.69, 9.17) is 4.74 Å². The Morgan fingerprint density at radius 3 is 2.48 bits per heavy atom. The Bertz CT molecular complexity index is 737. The summed E-state index contributed by atoms with van der Waals surface area (Å²) >= 11 is 0. The lowest BCUT2D eigenvalue weighted by Crippen LogP contribution is -2.51. The Morgan fingerprint density at radius 2 is 1.82 bits per heavy atom. The third-order valence-corrected chi connectivity index (χ3v) is 11.6. The van der Waals surface area contributed by atoms with Gasteiger partial charge in [0, 0.05) is 13.3 Å². The smallest absolute Gasteiger partial charge is 0.302 e. The molecule has 0 aromatic carbocycles. The highest BCUT2D eigenvalue weighted by molar-refractivity contribution is 5.66. The lowest BCUT2D eigenvalue weighted by Gasteiger charge is -2.58. The summed E-state index contributed by atoms with van der Waals surface area (Å²) in [6.07, 6.45) is 17.2. The number of carbonyl (C=O) groups excluding carboxylic acids is 1. The van der Waals surface area contributed by atoms with Gasteiger partial charge in [0.25, 0.3) is 0 Å². The van der Waals surface area contributed by atoms with Gasteiger partial charge in [-0.2, -0.15) is 0 Å². The Kier molecular flexibility index (Phi) is 7.43. The van der Waals surface area contributed by atoms with Crippen LogP contribution < -0.4 is 0 Å². The molecule has 0 unspecified atom stereocenters. The monoisotopic (exact) mass is 456 g/mol. The van der Waals surface area contributed by atoms with Crippen LogP contribution in [0.5, 0.6) is 0 Å². The molecule has 0 aromatic heterocycles. The number of rotatable bonds is 7. The van der Waals surface area contributed by atoms with Gasteiger partial charge in [-0.1, -0.05) is 66.0 Å². The van der Waals surface area contributed by atoms with Crippen LogP contribution in [-0.4, -0.2) is 12.1 Å². The summed E-state index contributed by atoms with van der Waals surface area (Å²) in [6, 6.07) is 0. The van der Waals surface area contributed by atoms with Gasteiger partial charge in [0.15, 0.2) is 0 Å². The maximum Gasteiger partial charge on any atom is 0.302 e. The number of allylic oxidation sites excluding steroid dienone is 1. The second-order valence-electron chi connectivity index (χ2n) is 13.4. The average molecular weight is 457 g/mol. The number of carbonyl (C=O) groups is 1. The van der Waals surface area contributed by atoms with Crippen LogP contribution in [0.2, 0.25) is 0 Å². The molecule has 0 heterocycles. The molecule has 0 bridgehead atoms. The second-order valence-corrected chi connectivity index (χ2v) is 13.4. The molecule has 0 spiro atoms. The van der Waals surface area contributed by atoms with E-state index in [1.54, 1.807) is 12.5 Å². The van der Waals surface area contributed by atoms with Crippen LogP contribution in [0.4, 0.5) is 0 Å². The predicted molar refractivity (Wildman–Crippen MR) is 138 cm³/mol. The number of ether oxygens (including phenoxy) is 1. The van der Waals surface area contributed by atoms with Crippen molar-refractivity contribution in [2.24, 2.45) is 52.3 Å². The summed E-state index contributed by atoms with van der Waals surface area (Å²) in [5, 5.41) is 0. The first-order valence-electron chi connectivity index (χ1n) is 14.5. The summed E-state index contributed by atoms with van der Waals surface area (Å²) < 4.78 is 5.63. The number of hydrogen-bond donors (Lipinski definition) is 0. The van der Waals surface area contributed by atoms with Crippen LogP contribution in [0, 0.1) is 52.3 Å². The highest BCUT2D eigenvalue weighted by atomic mass is 16.5. The molecule has 4 rings (SSSR count). The topological polar surface area (TPSA) is 26.3 Å². The molecule has 188 valence electrons. The first-order chi connectivity index (χ1) is 15.6. The van der Waals surface area contributed by atoms with Crippen molar-refractivity contribution >= 4 is 5.97 Å². The molecular weight excluding hydrogens is 404 g/mol. The van der Waals surface area contributed by atoms with E-state index in [9.17, 15) is 4.79 Å². The van der Waals surface area contributed by atoms with E-state index in [1.807, 2.05) is 0 Å². The summed E-state index contributed by atoms with van der Waals surface area (Å²) in [4.78, 5) is 11.5. The molecular formula is C31H52O2. The SMILES string of the molecule is CC[C@@H](CC[C@H](C)[C@H]1CC[C@@H]2[C@H]3CC=C4C[C@@H](OC(C)=O)CC[C@]4(C)[C@H]3CC[C@@]21C)C(C)C. The van der Waals surface area contributed by atoms with E-state index < -0.39 is 0 Å². The lowest BCUT2D eigenvalue weighted by molar-refractivity contribution is -0.148. The molecule has 0 aliphatic heterocycles. The van der Waals surface area contributed by atoms with Crippen molar-refractivity contribution < 1.29 is 9.53 Å². The highest BCUT2D eigenvalue weighted by Crippen LogP contribution is 2.67. The Labute approximate surface area is 204 Å². The fourth-order valence-corrected chi connectivity index (χ4v) is 9.63. The van der Waals surface area contributed by atoms with Crippen molar-refractivity contribution in [3.05, 3.63) is 11.6 Å². The van der Waals surface area contributed by atoms with Crippen LogP contribution in [0.15, 0.2) is 11.6 Å². The van der Waals surface area contributed by atoms with E-state index >= 15 is 0 Å². The Morgan fingerprint density at radius 1 is 1.06 bits per heavy atom. The van der Waals surface area contributed by atoms with Gasteiger partial charge in [-0.25, -0.2) is 0 Å². The standard InChI is InChI=1S/C31H52O2/c1-8-23(20(2)3)10-9-21(4)27-13-14-28-26-12-11-24-19-25(33-22(5)32)15-17-30(24,6)29(26)16-18-31(27,28)7/h11,20-21,23,25-29H,8-10,12-19H2,1-7H3/t21-,23-,25-,26+,27+,28+,29-,30-,31+/m0/s1. The van der Waals surface area contributed by atoms with Crippen molar-refractivity contribution in [3.8, 4) is 0 Å². The lowest BCUT2D eigenvalue weighted by atomic mass is 9.47. The molecule has 9 atom stereocenters. The summed E-state index contributed by atoms with van der Waals surface area (Å²) in [6.45, 7) is 16.6. The van der Waals surface area contributed by atoms with Crippen LogP contribution >= 0.6 is 0 Å². The van der Waals surface area contributed by atoms with Crippen molar-refractivity contribution in [2.75, 3.05) is 0 Å². The minimum absolute atomic E-state index is 0.113. The van der Waals surface area contributed by atoms with Crippen molar-refractivity contribution in [3.63, 3.8) is 0 Å². The van der Waals surface area contributed by atoms with Crippen molar-refractivity contribution in [1.82, 2.24) is 0 Å². The normalized spacial score (nSPS) is 42.1. The van der Waals surface area contributed by atoms with Crippen molar-refractivity contribution in [2.45, 2.75) is 125 Å². The van der Waals surface area contributed by atoms with Crippen molar-refractivity contribution in [1.29, 1.82) is 0 Å². The molecule has 0 aromatic rings. The quantitative estimate of drug-likeness (QED) is 0.283. The first kappa shape index (κ1) is 25.3. The number of hydrogen-bond acceptors (Lipinski definition) is 2. The molecule has 0 N–H and O–H groups in total. The van der Waals surface area contributed by atoms with Gasteiger partial charge in [0.2, 0.25) is 0 Å². The molecule has 3 saturated carbocycles. The minimum atomic E-state index is -0.115. The van der Waals surface area contributed by atoms with Crippen LogP contribution in [0.25, 0.3) is 0 Å². The predicted octanol–water partition coefficient (Wildman–Crippen LogP) is 8.60. The zero-order valence-electron chi connectivity index (χ0n) is 22.8. The molecule has 3 fully saturated rings. The van der Waals surface area contributed by atoms with E-state index in [0.29, 0.717) is 10.8 Å². The Balaban J connectivity index is 1.46. The minimum Gasteiger partial charge on any atom is -0.462 e. The molecule has 0 saturated heterocycles. The summed E-state index contributed by atoms with van der Waals surface area (Å²) in [5.41, 5.74) is 2.51. The van der Waals surface area contributed by atoms with E-state index in [2.05, 4.69) is 47.6 Å². The van der Waals surface area contributed by atoms with Crippen LogP contribution in [0.3, 0.4) is 0 Å². The molecule has 2 heteroatoms. The molecule has 33 heavy (non-hydrogen) atoms. The van der Waals surface area contributed by atoms with Crippen LogP contribution in [0.1, 0.15) is 119 Å². The van der Waals surface area contributed by atoms with E-state index in [0.717, 1.165) is 54.3 Å². The molecule has 0 amide bonds. The van der Waals surface area contributed by atoms with Gasteiger partial charge in [-0.3, -0.25) is 4.79 Å². The van der Waals surface area contributed by atoms with Gasteiger partial charge in [-0.15, -0.1) is 0 Å². The molecule has 2 nitrogen and oxygen atoms in total. The second kappa shape index (κ2) is 9.69. The van der Waals surface area contributed by atoms with E-state index in [1.165, 1.54) is 57.8 Å². The molecule has 4 aliphatic rings. The van der Waals surface area contributed by atoms with E-state index in [-0.39, 0.29) is 12.1 Å². The maximum atomic E-state index is 11.5. The summed E-state index contributed by atoms with van der Waals surface area (Å²) in [7, 11) is 0. The van der Waals surface area contributed by atoms with Crippen LogP contribution in [-0.2, 0) is 9.53 Å². The maximum absolute atomic E-state index is 11.5. The fourth-order valence-electron chi connectivity index (χ4n) is 9.63. The first-order valence-corrected chi connectivity index (χ1v) is 14.5. The van der Waals surface area contributed by atoms with Gasteiger partial charge >= 0.3 is 5.97 Å².